The summed E-state index contributed by atoms with van der Waals surface area (Å²) in [5, 5.41) is 3.42. The smallest absolute Gasteiger partial charge is 0.165 e. The number of rotatable bonds is 7. The highest BCUT2D eigenvalue weighted by Crippen LogP contribution is 2.31. The lowest BCUT2D eigenvalue weighted by Gasteiger charge is -2.16. The summed E-state index contributed by atoms with van der Waals surface area (Å²) in [6.45, 7) is 5.34. The molecule has 0 spiro atoms. The van der Waals surface area contributed by atoms with Gasteiger partial charge in [0.2, 0.25) is 0 Å². The van der Waals surface area contributed by atoms with Crippen molar-refractivity contribution in [3.05, 3.63) is 47.9 Å². The molecule has 0 bridgehead atoms. The van der Waals surface area contributed by atoms with Crippen LogP contribution in [0, 0.1) is 0 Å². The first kappa shape index (κ1) is 14.5. The van der Waals surface area contributed by atoms with E-state index in [1.807, 2.05) is 37.3 Å². The highest BCUT2D eigenvalue weighted by Gasteiger charge is 2.12. The Morgan fingerprint density at radius 1 is 1.25 bits per heavy atom. The van der Waals surface area contributed by atoms with Gasteiger partial charge >= 0.3 is 0 Å². The Morgan fingerprint density at radius 3 is 2.75 bits per heavy atom. The van der Waals surface area contributed by atoms with Gasteiger partial charge in [-0.15, -0.1) is 0 Å². The molecular weight excluding hydrogens is 254 g/mol. The molecule has 1 aromatic heterocycles. The average molecular weight is 275 g/mol. The van der Waals surface area contributed by atoms with Crippen molar-refractivity contribution in [3.63, 3.8) is 0 Å². The summed E-state index contributed by atoms with van der Waals surface area (Å²) in [6, 6.07) is 9.92. The van der Waals surface area contributed by atoms with Crippen molar-refractivity contribution in [1.82, 2.24) is 5.32 Å². The molecule has 0 aliphatic rings. The molecule has 4 heteroatoms. The fraction of sp³-hybridized carbons (Fsp3) is 0.375. The van der Waals surface area contributed by atoms with Gasteiger partial charge in [-0.05, 0) is 32.0 Å². The van der Waals surface area contributed by atoms with Crippen molar-refractivity contribution < 1.29 is 13.9 Å². The topological polar surface area (TPSA) is 43.6 Å². The Kier molecular flexibility index (Phi) is 5.07. The second kappa shape index (κ2) is 7.01. The number of benzene rings is 1. The number of methoxy groups -OCH3 is 1. The van der Waals surface area contributed by atoms with Crippen molar-refractivity contribution in [1.29, 1.82) is 0 Å². The highest BCUT2D eigenvalue weighted by molar-refractivity contribution is 5.46. The van der Waals surface area contributed by atoms with E-state index in [9.17, 15) is 0 Å². The van der Waals surface area contributed by atoms with Crippen molar-refractivity contribution in [2.45, 2.75) is 26.4 Å². The molecule has 0 fully saturated rings. The van der Waals surface area contributed by atoms with Crippen LogP contribution in [0.5, 0.6) is 11.5 Å². The molecule has 1 N–H and O–H groups in total. The zero-order valence-electron chi connectivity index (χ0n) is 12.2. The number of nitrogens with one attached hydrogen (secondary N) is 1. The second-order valence-corrected chi connectivity index (χ2v) is 4.50. The van der Waals surface area contributed by atoms with Crippen LogP contribution >= 0.6 is 0 Å². The van der Waals surface area contributed by atoms with Gasteiger partial charge in [0.05, 0.1) is 26.0 Å². The van der Waals surface area contributed by atoms with Crippen molar-refractivity contribution in [2.75, 3.05) is 13.7 Å². The van der Waals surface area contributed by atoms with Crippen LogP contribution in [0.15, 0.2) is 41.0 Å². The van der Waals surface area contributed by atoms with Crippen LogP contribution in [-0.4, -0.2) is 13.7 Å². The van der Waals surface area contributed by atoms with E-state index in [4.69, 9.17) is 13.9 Å². The third kappa shape index (κ3) is 3.33. The van der Waals surface area contributed by atoms with Gasteiger partial charge in [0.25, 0.3) is 0 Å². The second-order valence-electron chi connectivity index (χ2n) is 4.50. The van der Waals surface area contributed by atoms with Gasteiger partial charge in [-0.1, -0.05) is 12.1 Å². The quantitative estimate of drug-likeness (QED) is 0.839. The van der Waals surface area contributed by atoms with Crippen molar-refractivity contribution >= 4 is 0 Å². The first-order valence-electron chi connectivity index (χ1n) is 6.81. The summed E-state index contributed by atoms with van der Waals surface area (Å²) >= 11 is 0. The molecule has 0 saturated heterocycles. The number of hydrogen-bond donors (Lipinski definition) is 1. The lowest BCUT2D eigenvalue weighted by atomic mass is 10.1. The van der Waals surface area contributed by atoms with E-state index in [1.54, 1.807) is 13.4 Å². The van der Waals surface area contributed by atoms with Gasteiger partial charge in [0, 0.05) is 12.1 Å². The number of furan rings is 1. The van der Waals surface area contributed by atoms with Gasteiger partial charge in [-0.3, -0.25) is 0 Å². The third-order valence-corrected chi connectivity index (χ3v) is 3.13. The molecule has 1 aromatic carbocycles. The van der Waals surface area contributed by atoms with Gasteiger partial charge < -0.3 is 19.2 Å². The molecule has 20 heavy (non-hydrogen) atoms. The van der Waals surface area contributed by atoms with Crippen LogP contribution in [0.1, 0.15) is 31.2 Å². The molecule has 4 nitrogen and oxygen atoms in total. The molecule has 0 amide bonds. The lowest BCUT2D eigenvalue weighted by Crippen LogP contribution is -2.18. The van der Waals surface area contributed by atoms with Gasteiger partial charge in [-0.25, -0.2) is 0 Å². The minimum Gasteiger partial charge on any atom is -0.493 e. The molecule has 1 atom stereocenters. The SMILES string of the molecule is CCOc1cccc(CNC(C)c2ccco2)c1OC. The Morgan fingerprint density at radius 2 is 2.10 bits per heavy atom. The zero-order chi connectivity index (χ0) is 14.4. The predicted octanol–water partition coefficient (Wildman–Crippen LogP) is 3.54. The summed E-state index contributed by atoms with van der Waals surface area (Å²) in [5.41, 5.74) is 1.07. The lowest BCUT2D eigenvalue weighted by molar-refractivity contribution is 0.308. The predicted molar refractivity (Wildman–Crippen MR) is 78.1 cm³/mol. The van der Waals surface area contributed by atoms with Crippen LogP contribution in [0.25, 0.3) is 0 Å². The van der Waals surface area contributed by atoms with E-state index in [2.05, 4.69) is 12.2 Å². The Labute approximate surface area is 119 Å². The minimum atomic E-state index is 0.144. The maximum absolute atomic E-state index is 5.58. The van der Waals surface area contributed by atoms with Gasteiger partial charge in [-0.2, -0.15) is 0 Å². The summed E-state index contributed by atoms with van der Waals surface area (Å²) < 4.78 is 16.4. The Balaban J connectivity index is 2.07. The summed E-state index contributed by atoms with van der Waals surface area (Å²) in [6.07, 6.45) is 1.68. The van der Waals surface area contributed by atoms with E-state index in [0.717, 1.165) is 22.8 Å². The summed E-state index contributed by atoms with van der Waals surface area (Å²) in [5.74, 6) is 2.48. The van der Waals surface area contributed by atoms with Crippen LogP contribution < -0.4 is 14.8 Å². The number of hydrogen-bond acceptors (Lipinski definition) is 4. The number of para-hydroxylation sites is 1. The Hall–Kier alpha value is -1.94. The molecule has 2 aromatic rings. The highest BCUT2D eigenvalue weighted by atomic mass is 16.5. The maximum atomic E-state index is 5.58. The maximum Gasteiger partial charge on any atom is 0.165 e. The van der Waals surface area contributed by atoms with Crippen LogP contribution in [0.2, 0.25) is 0 Å². The molecule has 1 heterocycles. The Bertz CT molecular complexity index is 523. The fourth-order valence-corrected chi connectivity index (χ4v) is 2.10. The largest absolute Gasteiger partial charge is 0.493 e. The van der Waals surface area contributed by atoms with Gasteiger partial charge in [0.1, 0.15) is 5.76 Å². The van der Waals surface area contributed by atoms with E-state index in [0.29, 0.717) is 13.2 Å². The van der Waals surface area contributed by atoms with Crippen LogP contribution in [0.3, 0.4) is 0 Å². The van der Waals surface area contributed by atoms with E-state index in [-0.39, 0.29) is 6.04 Å². The monoisotopic (exact) mass is 275 g/mol. The molecule has 108 valence electrons. The van der Waals surface area contributed by atoms with Crippen LogP contribution in [0.4, 0.5) is 0 Å². The molecule has 1 unspecified atom stereocenters. The fourth-order valence-electron chi connectivity index (χ4n) is 2.10. The standard InChI is InChI=1S/C16H21NO3/c1-4-19-15-8-5-7-13(16(15)18-3)11-17-12(2)14-9-6-10-20-14/h5-10,12,17H,4,11H2,1-3H3. The van der Waals surface area contributed by atoms with E-state index < -0.39 is 0 Å². The summed E-state index contributed by atoms with van der Waals surface area (Å²) in [4.78, 5) is 0. The van der Waals surface area contributed by atoms with E-state index in [1.165, 1.54) is 0 Å². The molecule has 0 aliphatic carbocycles. The molecule has 2 rings (SSSR count). The normalized spacial score (nSPS) is 12.2. The minimum absolute atomic E-state index is 0.144. The molecular formula is C16H21NO3. The van der Waals surface area contributed by atoms with Crippen molar-refractivity contribution in [2.24, 2.45) is 0 Å². The molecule has 0 aliphatic heterocycles. The molecule has 0 radical (unpaired) electrons. The average Bonchev–Trinajstić information content (AvgIpc) is 2.99. The zero-order valence-corrected chi connectivity index (χ0v) is 12.2. The van der Waals surface area contributed by atoms with Crippen molar-refractivity contribution in [3.8, 4) is 11.5 Å². The first-order chi connectivity index (χ1) is 9.76. The van der Waals surface area contributed by atoms with E-state index >= 15 is 0 Å². The number of ether oxygens (including phenoxy) is 2. The summed E-state index contributed by atoms with van der Waals surface area (Å²) in [7, 11) is 1.66. The van der Waals surface area contributed by atoms with Gasteiger partial charge in [0.15, 0.2) is 11.5 Å². The third-order valence-electron chi connectivity index (χ3n) is 3.13. The first-order valence-corrected chi connectivity index (χ1v) is 6.81. The van der Waals surface area contributed by atoms with Crippen LogP contribution in [-0.2, 0) is 6.54 Å². The molecule has 0 saturated carbocycles.